The third-order valence-corrected chi connectivity index (χ3v) is 5.54. The van der Waals surface area contributed by atoms with Gasteiger partial charge in [-0.15, -0.1) is 0 Å². The maximum atomic E-state index is 12.8. The monoisotopic (exact) mass is 519 g/mol. The number of aliphatic hydroxyl groups excluding tert-OH is 1. The quantitative estimate of drug-likeness (QED) is 0.349. The van der Waals surface area contributed by atoms with Gasteiger partial charge in [-0.05, 0) is 60.9 Å². The molecule has 1 amide bonds. The Morgan fingerprint density at radius 1 is 1.18 bits per heavy atom. The number of amides is 1. The molecular formula is C27H23F2N5O4. The van der Waals surface area contributed by atoms with Gasteiger partial charge in [0, 0.05) is 42.5 Å². The zero-order valence-corrected chi connectivity index (χ0v) is 20.5. The summed E-state index contributed by atoms with van der Waals surface area (Å²) >= 11 is 0. The van der Waals surface area contributed by atoms with Gasteiger partial charge >= 0.3 is 12.5 Å². The Morgan fingerprint density at radius 2 is 2.00 bits per heavy atom. The smallest absolute Gasteiger partial charge is 0.321 e. The van der Waals surface area contributed by atoms with E-state index < -0.39 is 18.0 Å². The number of carbonyl (C=O) groups is 1. The normalized spacial score (nSPS) is 10.7. The molecule has 2 aromatic carbocycles. The highest BCUT2D eigenvalue weighted by molar-refractivity contribution is 6.06. The number of hydrogen-bond donors (Lipinski definition) is 2. The van der Waals surface area contributed by atoms with Crippen LogP contribution in [0.1, 0.15) is 18.5 Å². The van der Waals surface area contributed by atoms with Crippen LogP contribution in [0.3, 0.4) is 0 Å². The molecule has 9 nitrogen and oxygen atoms in total. The lowest BCUT2D eigenvalue weighted by atomic mass is 10.1. The summed E-state index contributed by atoms with van der Waals surface area (Å²) in [7, 11) is 1.60. The summed E-state index contributed by atoms with van der Waals surface area (Å²) in [6.07, 6.45) is 2.62. The average molecular weight is 520 g/mol. The third-order valence-electron chi connectivity index (χ3n) is 5.54. The summed E-state index contributed by atoms with van der Waals surface area (Å²) < 4.78 is 31.6. The number of fused-ring (bicyclic) bond motifs is 1. The van der Waals surface area contributed by atoms with Crippen LogP contribution in [0.2, 0.25) is 0 Å². The van der Waals surface area contributed by atoms with Crippen molar-refractivity contribution in [1.29, 1.82) is 0 Å². The summed E-state index contributed by atoms with van der Waals surface area (Å²) in [5, 5.41) is 12.8. The molecule has 0 aliphatic carbocycles. The first-order valence-electron chi connectivity index (χ1n) is 11.4. The predicted molar refractivity (Wildman–Crippen MR) is 139 cm³/mol. The highest BCUT2D eigenvalue weighted by atomic mass is 19.3. The van der Waals surface area contributed by atoms with Gasteiger partial charge in [-0.2, -0.15) is 8.78 Å². The fourth-order valence-electron chi connectivity index (χ4n) is 3.55. The van der Waals surface area contributed by atoms with E-state index in [9.17, 15) is 18.4 Å². The molecule has 4 rings (SSSR count). The number of nitrogens with zero attached hydrogens (tertiary/aromatic N) is 4. The lowest BCUT2D eigenvalue weighted by Crippen LogP contribution is -2.24. The summed E-state index contributed by atoms with van der Waals surface area (Å²) in [4.78, 5) is 34.2. The van der Waals surface area contributed by atoms with Gasteiger partial charge in [-0.3, -0.25) is 14.2 Å². The number of aryl methyl sites for hydroxylation is 1. The fraction of sp³-hybridized carbons (Fsp3) is 0.185. The Balaban J connectivity index is 1.56. The molecular weight excluding hydrogens is 496 g/mol. The number of hydrogen-bond acceptors (Lipinski definition) is 7. The molecule has 0 saturated carbocycles. The van der Waals surface area contributed by atoms with Crippen molar-refractivity contribution in [2.75, 3.05) is 23.9 Å². The minimum absolute atomic E-state index is 0.118. The molecule has 0 fully saturated rings. The zero-order valence-electron chi connectivity index (χ0n) is 20.5. The van der Waals surface area contributed by atoms with Crippen LogP contribution in [0, 0.1) is 18.8 Å². The molecule has 0 atom stereocenters. The number of ether oxygens (including phenoxy) is 1. The van der Waals surface area contributed by atoms with Crippen LogP contribution in [0.15, 0.2) is 65.8 Å². The minimum Gasteiger partial charge on any atom is -0.457 e. The Bertz CT molecular complexity index is 1610. The Labute approximate surface area is 216 Å². The van der Waals surface area contributed by atoms with Crippen molar-refractivity contribution < 1.29 is 23.4 Å². The van der Waals surface area contributed by atoms with Crippen molar-refractivity contribution in [2.45, 2.75) is 19.9 Å². The van der Waals surface area contributed by atoms with Gasteiger partial charge < -0.3 is 20.1 Å². The molecule has 0 bridgehead atoms. The first-order valence-corrected chi connectivity index (χ1v) is 11.4. The topological polar surface area (TPSA) is 110 Å². The van der Waals surface area contributed by atoms with E-state index in [4.69, 9.17) is 9.84 Å². The summed E-state index contributed by atoms with van der Waals surface area (Å²) in [5.41, 5.74) is 1.79. The number of nitrogens with one attached hydrogen (secondary N) is 1. The molecule has 2 N–H and O–H groups in total. The lowest BCUT2D eigenvalue weighted by Gasteiger charge is -2.16. The number of carbonyl (C=O) groups excluding carboxylic acids is 1. The third kappa shape index (κ3) is 5.93. The maximum Gasteiger partial charge on any atom is 0.321 e. The van der Waals surface area contributed by atoms with Crippen LogP contribution in [-0.2, 0) is 4.79 Å². The molecule has 38 heavy (non-hydrogen) atoms. The maximum absolute atomic E-state index is 12.8. The van der Waals surface area contributed by atoms with Gasteiger partial charge in [0.05, 0.1) is 12.1 Å². The molecule has 0 saturated heterocycles. The Kier molecular flexibility index (Phi) is 7.94. The van der Waals surface area contributed by atoms with Crippen LogP contribution in [-0.4, -0.2) is 39.2 Å². The molecule has 11 heteroatoms. The SMILES string of the molecule is Cc1cc(Nc2ncnc3ccc(N(C)C(=O)C#CCCO)cc23)ccc1Oc1ccn(C(F)F)c(=O)c1. The van der Waals surface area contributed by atoms with E-state index in [1.165, 1.54) is 17.3 Å². The highest BCUT2D eigenvalue weighted by Crippen LogP contribution is 2.31. The van der Waals surface area contributed by atoms with E-state index in [1.54, 1.807) is 50.4 Å². The van der Waals surface area contributed by atoms with E-state index in [0.717, 1.165) is 17.8 Å². The second-order valence-electron chi connectivity index (χ2n) is 8.16. The van der Waals surface area contributed by atoms with Crippen LogP contribution < -0.4 is 20.5 Å². The molecule has 0 spiro atoms. The van der Waals surface area contributed by atoms with Gasteiger partial charge in [0.1, 0.15) is 23.6 Å². The van der Waals surface area contributed by atoms with Crippen LogP contribution in [0.5, 0.6) is 11.5 Å². The van der Waals surface area contributed by atoms with Crippen LogP contribution in [0.25, 0.3) is 10.9 Å². The Hall–Kier alpha value is -4.82. The van der Waals surface area contributed by atoms with Crippen molar-refractivity contribution in [1.82, 2.24) is 14.5 Å². The summed E-state index contributed by atoms with van der Waals surface area (Å²) in [6, 6.07) is 12.8. The number of aliphatic hydroxyl groups is 1. The summed E-state index contributed by atoms with van der Waals surface area (Å²) in [5.74, 6) is 5.79. The van der Waals surface area contributed by atoms with Crippen molar-refractivity contribution in [3.8, 4) is 23.3 Å². The minimum atomic E-state index is -2.93. The molecule has 2 heterocycles. The van der Waals surface area contributed by atoms with Crippen LogP contribution in [0.4, 0.5) is 26.0 Å². The second kappa shape index (κ2) is 11.5. The number of rotatable bonds is 7. The van der Waals surface area contributed by atoms with E-state index >= 15 is 0 Å². The van der Waals surface area contributed by atoms with E-state index in [1.807, 2.05) is 0 Å². The number of anilines is 3. The van der Waals surface area contributed by atoms with Crippen molar-refractivity contribution in [2.24, 2.45) is 0 Å². The van der Waals surface area contributed by atoms with E-state index in [-0.39, 0.29) is 18.8 Å². The van der Waals surface area contributed by atoms with Crippen molar-refractivity contribution >= 4 is 34.0 Å². The molecule has 2 aromatic heterocycles. The number of halogens is 2. The highest BCUT2D eigenvalue weighted by Gasteiger charge is 2.13. The zero-order chi connectivity index (χ0) is 27.2. The largest absolute Gasteiger partial charge is 0.457 e. The lowest BCUT2D eigenvalue weighted by molar-refractivity contribution is -0.113. The van der Waals surface area contributed by atoms with Gasteiger partial charge in [0.15, 0.2) is 0 Å². The number of pyridine rings is 1. The molecule has 0 unspecified atom stereocenters. The van der Waals surface area contributed by atoms with E-state index in [2.05, 4.69) is 27.1 Å². The number of alkyl halides is 2. The average Bonchev–Trinajstić information content (AvgIpc) is 2.89. The van der Waals surface area contributed by atoms with Crippen molar-refractivity contribution in [3.05, 3.63) is 77.0 Å². The Morgan fingerprint density at radius 3 is 2.71 bits per heavy atom. The molecule has 194 valence electrons. The fourth-order valence-corrected chi connectivity index (χ4v) is 3.55. The predicted octanol–water partition coefficient (Wildman–Crippen LogP) is 4.38. The molecule has 4 aromatic rings. The van der Waals surface area contributed by atoms with Gasteiger partial charge in [0.2, 0.25) is 0 Å². The molecule has 0 aliphatic heterocycles. The van der Waals surface area contributed by atoms with Gasteiger partial charge in [0.25, 0.3) is 5.56 Å². The summed E-state index contributed by atoms with van der Waals surface area (Å²) in [6.45, 7) is -1.24. The second-order valence-corrected chi connectivity index (χ2v) is 8.16. The molecule has 0 radical (unpaired) electrons. The van der Waals surface area contributed by atoms with Gasteiger partial charge in [-0.1, -0.05) is 5.92 Å². The first kappa shape index (κ1) is 26.2. The van der Waals surface area contributed by atoms with E-state index in [0.29, 0.717) is 38.4 Å². The molecule has 0 aliphatic rings. The number of benzene rings is 2. The van der Waals surface area contributed by atoms with Gasteiger partial charge in [-0.25, -0.2) is 9.97 Å². The first-order chi connectivity index (χ1) is 18.3. The number of aromatic nitrogens is 3. The standard InChI is InChI=1S/C27H23F2N5O4/c1-17-13-18(6-9-23(17)38-20-10-11-34(27(28)29)25(37)15-20)32-26-21-14-19(7-8-22(21)30-16-31-26)33(2)24(36)5-3-4-12-35/h6-11,13-16,27,35H,4,12H2,1-2H3,(H,30,31,32). The van der Waals surface area contributed by atoms with Crippen molar-refractivity contribution in [3.63, 3.8) is 0 Å². The van der Waals surface area contributed by atoms with Crippen LogP contribution >= 0.6 is 0 Å².